The minimum Gasteiger partial charge on any atom is -0.457 e. The van der Waals surface area contributed by atoms with Crippen molar-refractivity contribution in [2.45, 2.75) is 288 Å². The van der Waals surface area contributed by atoms with Crippen LogP contribution in [0, 0.1) is 0 Å². The molecule has 380 valence electrons. The van der Waals surface area contributed by atoms with E-state index in [1.807, 2.05) is 0 Å². The lowest BCUT2D eigenvalue weighted by Gasteiger charge is -2.41. The molecule has 0 bridgehead atoms. The Kier molecular flexibility index (Phi) is 40.3. The maximum atomic E-state index is 12.8. The van der Waals surface area contributed by atoms with Gasteiger partial charge in [0, 0.05) is 13.0 Å². The second kappa shape index (κ2) is 42.2. The van der Waals surface area contributed by atoms with Crippen molar-refractivity contribution in [3.63, 3.8) is 0 Å². The molecule has 1 fully saturated rings. The van der Waals surface area contributed by atoms with Crippen LogP contribution in [0.4, 0.5) is 0 Å². The molecule has 1 rings (SSSR count). The number of esters is 1. The molecule has 0 aromatic carbocycles. The zero-order valence-corrected chi connectivity index (χ0v) is 41.7. The van der Waals surface area contributed by atoms with Crippen molar-refractivity contribution >= 4 is 13.8 Å². The molecule has 0 amide bonds. The Morgan fingerprint density at radius 3 is 1.23 bits per heavy atom. The van der Waals surface area contributed by atoms with E-state index in [1.165, 1.54) is 161 Å². The Labute approximate surface area is 390 Å². The van der Waals surface area contributed by atoms with Crippen molar-refractivity contribution < 1.29 is 58.3 Å². The van der Waals surface area contributed by atoms with Crippen LogP contribution in [0.3, 0.4) is 0 Å². The molecule has 64 heavy (non-hydrogen) atoms. The van der Waals surface area contributed by atoms with Gasteiger partial charge in [0.2, 0.25) is 0 Å². The van der Waals surface area contributed by atoms with Gasteiger partial charge in [0.05, 0.1) is 13.2 Å². The summed E-state index contributed by atoms with van der Waals surface area (Å²) in [5.74, 6) is -0.480. The molecule has 1 saturated carbocycles. The number of allylic oxidation sites excluding steroid dienone is 2. The minimum atomic E-state index is -5.02. The zero-order chi connectivity index (χ0) is 46.9. The summed E-state index contributed by atoms with van der Waals surface area (Å²) in [5, 5.41) is 50.3. The summed E-state index contributed by atoms with van der Waals surface area (Å²) in [6.07, 6.45) is 35.7. The van der Waals surface area contributed by atoms with E-state index in [0.717, 1.165) is 57.8 Å². The lowest BCUT2D eigenvalue weighted by Crippen LogP contribution is -2.64. The highest BCUT2D eigenvalue weighted by Gasteiger charge is 2.51. The highest BCUT2D eigenvalue weighted by Crippen LogP contribution is 2.47. The van der Waals surface area contributed by atoms with Gasteiger partial charge in [0.15, 0.2) is 0 Å². The third-order valence-corrected chi connectivity index (χ3v) is 13.6. The molecule has 0 saturated heterocycles. The van der Waals surface area contributed by atoms with E-state index in [2.05, 4.69) is 26.0 Å². The van der Waals surface area contributed by atoms with Crippen molar-refractivity contribution in [3.8, 4) is 0 Å². The van der Waals surface area contributed by atoms with Gasteiger partial charge in [-0.1, -0.05) is 212 Å². The fourth-order valence-electron chi connectivity index (χ4n) is 8.41. The normalized spacial score (nSPS) is 21.7. The van der Waals surface area contributed by atoms with Crippen LogP contribution in [-0.2, 0) is 27.9 Å². The number of unbranched alkanes of at least 4 members (excludes halogenated alkanes) is 32. The summed E-state index contributed by atoms with van der Waals surface area (Å²) in [6, 6.07) is 0. The highest BCUT2D eigenvalue weighted by molar-refractivity contribution is 7.47. The van der Waals surface area contributed by atoms with E-state index in [4.69, 9.17) is 18.5 Å². The number of aliphatic hydroxyl groups excluding tert-OH is 5. The Morgan fingerprint density at radius 1 is 0.484 bits per heavy atom. The maximum absolute atomic E-state index is 12.8. The Balaban J connectivity index is 2.30. The Bertz CT molecular complexity index is 1110. The molecule has 0 aliphatic heterocycles. The first kappa shape index (κ1) is 61.1. The number of carbonyl (C=O) groups excluding carboxylic acids is 1. The van der Waals surface area contributed by atoms with Gasteiger partial charge in [-0.2, -0.15) is 0 Å². The number of ether oxygens (including phenoxy) is 2. The zero-order valence-electron chi connectivity index (χ0n) is 40.9. The Morgan fingerprint density at radius 2 is 0.828 bits per heavy atom. The molecule has 6 unspecified atom stereocenters. The van der Waals surface area contributed by atoms with Crippen molar-refractivity contribution in [1.29, 1.82) is 0 Å². The highest BCUT2D eigenvalue weighted by atomic mass is 31.2. The fraction of sp³-hybridized carbons (Fsp3) is 0.941. The van der Waals surface area contributed by atoms with Gasteiger partial charge in [-0.3, -0.25) is 13.8 Å². The van der Waals surface area contributed by atoms with Crippen molar-refractivity contribution in [3.05, 3.63) is 12.2 Å². The molecule has 6 N–H and O–H groups in total. The number of hydrogen-bond acceptors (Lipinski definition) is 11. The second-order valence-electron chi connectivity index (χ2n) is 18.7. The van der Waals surface area contributed by atoms with Crippen molar-refractivity contribution in [2.75, 3.05) is 19.8 Å². The van der Waals surface area contributed by atoms with Crippen LogP contribution in [0.25, 0.3) is 0 Å². The lowest BCUT2D eigenvalue weighted by molar-refractivity contribution is -0.220. The van der Waals surface area contributed by atoms with Crippen LogP contribution in [-0.4, -0.2) is 98.9 Å². The van der Waals surface area contributed by atoms with E-state index in [0.29, 0.717) is 13.0 Å². The van der Waals surface area contributed by atoms with Gasteiger partial charge >= 0.3 is 13.8 Å². The monoisotopic (exact) mass is 935 g/mol. The van der Waals surface area contributed by atoms with E-state index in [1.54, 1.807) is 0 Å². The lowest BCUT2D eigenvalue weighted by atomic mass is 9.85. The average Bonchev–Trinajstić information content (AvgIpc) is 3.28. The average molecular weight is 935 g/mol. The van der Waals surface area contributed by atoms with Gasteiger partial charge in [-0.05, 0) is 38.5 Å². The molecule has 1 aliphatic rings. The number of hydrogen-bond donors (Lipinski definition) is 6. The van der Waals surface area contributed by atoms with Crippen LogP contribution >= 0.6 is 7.82 Å². The second-order valence-corrected chi connectivity index (χ2v) is 20.1. The van der Waals surface area contributed by atoms with E-state index >= 15 is 0 Å². The Hall–Kier alpha value is -0.920. The maximum Gasteiger partial charge on any atom is 0.472 e. The molecule has 0 radical (unpaired) electrons. The third-order valence-electron chi connectivity index (χ3n) is 12.6. The van der Waals surface area contributed by atoms with Crippen LogP contribution in [0.5, 0.6) is 0 Å². The summed E-state index contributed by atoms with van der Waals surface area (Å²) >= 11 is 0. The van der Waals surface area contributed by atoms with Gasteiger partial charge in [-0.25, -0.2) is 4.57 Å². The molecule has 0 heterocycles. The van der Waals surface area contributed by atoms with Crippen LogP contribution < -0.4 is 0 Å². The summed E-state index contributed by atoms with van der Waals surface area (Å²) in [7, 11) is -5.02. The fourth-order valence-corrected chi connectivity index (χ4v) is 9.38. The van der Waals surface area contributed by atoms with Crippen molar-refractivity contribution in [2.24, 2.45) is 0 Å². The molecule has 0 aromatic rings. The summed E-state index contributed by atoms with van der Waals surface area (Å²) < 4.78 is 34.3. The minimum absolute atomic E-state index is 0.0737. The molecule has 1 aliphatic carbocycles. The molecular weight excluding hydrogens is 836 g/mol. The SMILES string of the molecule is CCCCCCCC/C=C\CCCCCCCC(=O)OC(COCCCCCCCCCCCCCCCCCCCCCCCC)COP(=O)(O)OC1C(O)C(O)C(O)C(O)C1O. The van der Waals surface area contributed by atoms with Gasteiger partial charge in [-0.15, -0.1) is 0 Å². The molecule has 12 nitrogen and oxygen atoms in total. The molecular formula is C51H99O12P. The van der Waals surface area contributed by atoms with Gasteiger partial charge in [0.25, 0.3) is 0 Å². The summed E-state index contributed by atoms with van der Waals surface area (Å²) in [4.78, 5) is 23.2. The van der Waals surface area contributed by atoms with Crippen molar-refractivity contribution in [1.82, 2.24) is 0 Å². The molecule has 6 atom stereocenters. The number of aliphatic hydroxyl groups is 5. The number of phosphoric acid groups is 1. The topological polar surface area (TPSA) is 192 Å². The molecule has 0 spiro atoms. The quantitative estimate of drug-likeness (QED) is 0.0147. The van der Waals surface area contributed by atoms with Gasteiger partial charge < -0.3 is 39.9 Å². The van der Waals surface area contributed by atoms with E-state index < -0.39 is 63.1 Å². The predicted molar refractivity (Wildman–Crippen MR) is 258 cm³/mol. The van der Waals surface area contributed by atoms with Gasteiger partial charge in [0.1, 0.15) is 42.7 Å². The van der Waals surface area contributed by atoms with Crippen LogP contribution in [0.15, 0.2) is 12.2 Å². The number of rotatable bonds is 46. The summed E-state index contributed by atoms with van der Waals surface area (Å²) in [5.41, 5.74) is 0. The van der Waals surface area contributed by atoms with Crippen LogP contribution in [0.1, 0.15) is 245 Å². The first-order valence-electron chi connectivity index (χ1n) is 26.5. The predicted octanol–water partition coefficient (Wildman–Crippen LogP) is 11.9. The largest absolute Gasteiger partial charge is 0.472 e. The molecule has 0 aromatic heterocycles. The third kappa shape index (κ3) is 33.5. The first-order chi connectivity index (χ1) is 31.0. The summed E-state index contributed by atoms with van der Waals surface area (Å²) in [6.45, 7) is 4.29. The first-order valence-corrected chi connectivity index (χ1v) is 28.0. The van der Waals surface area contributed by atoms with E-state index in [-0.39, 0.29) is 13.0 Å². The number of phosphoric ester groups is 1. The number of carbonyl (C=O) groups is 1. The standard InChI is InChI=1S/C51H99O12P/c1-3-5-7-9-11-13-15-17-19-20-21-22-23-24-25-27-29-31-33-35-37-39-41-60-42-44(43-61-64(58,59)63-51-49(56)47(54)46(53)48(55)50(51)57)62-45(52)40-38-36-34-32-30-28-26-18-16-14-12-10-8-6-4-2/h18,26,44,46-51,53-57H,3-17,19-25,27-43H2,1-2H3,(H,58,59)/b26-18-. The molecule has 13 heteroatoms. The van der Waals surface area contributed by atoms with Crippen LogP contribution in [0.2, 0.25) is 0 Å². The smallest absolute Gasteiger partial charge is 0.457 e. The van der Waals surface area contributed by atoms with E-state index in [9.17, 15) is 39.8 Å².